The highest BCUT2D eigenvalue weighted by Crippen LogP contribution is 2.20. The van der Waals surface area contributed by atoms with Crippen molar-refractivity contribution in [2.75, 3.05) is 10.6 Å². The van der Waals surface area contributed by atoms with Gasteiger partial charge in [-0.25, -0.2) is 13.2 Å². The maximum atomic E-state index is 13.5. The van der Waals surface area contributed by atoms with E-state index in [4.69, 9.17) is 0 Å². The van der Waals surface area contributed by atoms with Crippen molar-refractivity contribution in [3.63, 3.8) is 0 Å². The van der Waals surface area contributed by atoms with E-state index in [2.05, 4.69) is 5.32 Å². The highest BCUT2D eigenvalue weighted by Gasteiger charge is 2.19. The maximum absolute atomic E-state index is 13.5. The van der Waals surface area contributed by atoms with Gasteiger partial charge < -0.3 is 10.6 Å². The zero-order valence-corrected chi connectivity index (χ0v) is 12.3. The summed E-state index contributed by atoms with van der Waals surface area (Å²) in [5.74, 6) is -6.94. The zero-order chi connectivity index (χ0) is 17.1. The Balaban J connectivity index is 2.13. The minimum atomic E-state index is -1.72. The largest absolute Gasteiger partial charge is 0.318 e. The average Bonchev–Trinajstić information content (AvgIpc) is 2.51. The van der Waals surface area contributed by atoms with E-state index >= 15 is 0 Å². The molecule has 0 bridgehead atoms. The number of amides is 2. The molecule has 0 aromatic heterocycles. The van der Waals surface area contributed by atoms with Crippen molar-refractivity contribution in [2.24, 2.45) is 0 Å². The minimum Gasteiger partial charge on any atom is -0.318 e. The Morgan fingerprint density at radius 3 is 2.09 bits per heavy atom. The number of carbonyl (C=O) groups excluding carboxylic acids is 2. The summed E-state index contributed by atoms with van der Waals surface area (Å²) in [5.41, 5.74) is 1.41. The lowest BCUT2D eigenvalue weighted by Crippen LogP contribution is -2.29. The molecule has 2 amide bonds. The Morgan fingerprint density at radius 1 is 0.826 bits per heavy atom. The summed E-state index contributed by atoms with van der Waals surface area (Å²) in [6.45, 7) is 3.55. The van der Waals surface area contributed by atoms with Crippen molar-refractivity contribution in [2.45, 2.75) is 13.8 Å². The molecule has 120 valence electrons. The summed E-state index contributed by atoms with van der Waals surface area (Å²) in [6, 6.07) is 6.74. The van der Waals surface area contributed by atoms with Crippen LogP contribution >= 0.6 is 0 Å². The Kier molecular flexibility index (Phi) is 4.68. The molecule has 0 aliphatic heterocycles. The molecule has 0 spiro atoms. The second-order valence-corrected chi connectivity index (χ2v) is 4.95. The molecule has 0 saturated heterocycles. The quantitative estimate of drug-likeness (QED) is 0.658. The van der Waals surface area contributed by atoms with Crippen LogP contribution in [0.3, 0.4) is 0 Å². The first-order valence-electron chi connectivity index (χ1n) is 6.62. The summed E-state index contributed by atoms with van der Waals surface area (Å²) in [5, 5.41) is 4.27. The summed E-state index contributed by atoms with van der Waals surface area (Å²) >= 11 is 0. The first-order chi connectivity index (χ1) is 10.8. The second kappa shape index (κ2) is 6.51. The number of carbonyl (C=O) groups is 2. The third-order valence-corrected chi connectivity index (χ3v) is 3.13. The predicted octanol–water partition coefficient (Wildman–Crippen LogP) is 3.30. The molecule has 2 N–H and O–H groups in total. The lowest BCUT2D eigenvalue weighted by molar-refractivity contribution is -0.133. The highest BCUT2D eigenvalue weighted by atomic mass is 19.2. The second-order valence-electron chi connectivity index (χ2n) is 4.95. The molecule has 0 heterocycles. The molecule has 0 saturated carbocycles. The van der Waals surface area contributed by atoms with Crippen LogP contribution in [-0.4, -0.2) is 11.8 Å². The zero-order valence-electron chi connectivity index (χ0n) is 12.3. The monoisotopic (exact) mass is 322 g/mol. The van der Waals surface area contributed by atoms with E-state index in [1.165, 1.54) is 0 Å². The normalized spacial score (nSPS) is 10.3. The van der Waals surface area contributed by atoms with E-state index in [1.54, 1.807) is 19.1 Å². The van der Waals surface area contributed by atoms with Gasteiger partial charge in [0.1, 0.15) is 0 Å². The van der Waals surface area contributed by atoms with Crippen LogP contribution in [0.2, 0.25) is 0 Å². The molecule has 2 aromatic rings. The van der Waals surface area contributed by atoms with Gasteiger partial charge in [-0.1, -0.05) is 12.1 Å². The Hall–Kier alpha value is -2.83. The van der Waals surface area contributed by atoms with Crippen LogP contribution in [0.5, 0.6) is 0 Å². The van der Waals surface area contributed by atoms with E-state index in [0.717, 1.165) is 17.2 Å². The Labute approximate surface area is 130 Å². The molecule has 0 fully saturated rings. The van der Waals surface area contributed by atoms with Gasteiger partial charge in [0.2, 0.25) is 0 Å². The molecule has 2 rings (SSSR count). The summed E-state index contributed by atoms with van der Waals surface area (Å²) < 4.78 is 39.4. The van der Waals surface area contributed by atoms with Crippen LogP contribution in [-0.2, 0) is 9.59 Å². The molecule has 0 radical (unpaired) electrons. The molecule has 4 nitrogen and oxygen atoms in total. The highest BCUT2D eigenvalue weighted by molar-refractivity contribution is 6.43. The summed E-state index contributed by atoms with van der Waals surface area (Å²) in [6.07, 6.45) is 0. The maximum Gasteiger partial charge on any atom is 0.314 e. The van der Waals surface area contributed by atoms with Gasteiger partial charge in [0.15, 0.2) is 17.5 Å². The van der Waals surface area contributed by atoms with Gasteiger partial charge in [-0.15, -0.1) is 0 Å². The molecule has 0 atom stereocenters. The summed E-state index contributed by atoms with van der Waals surface area (Å²) in [4.78, 5) is 23.6. The molecular formula is C16H13F3N2O2. The number of nitrogens with one attached hydrogen (secondary N) is 2. The average molecular weight is 322 g/mol. The molecule has 2 aromatic carbocycles. The Morgan fingerprint density at radius 2 is 1.43 bits per heavy atom. The van der Waals surface area contributed by atoms with E-state index in [-0.39, 0.29) is 0 Å². The third-order valence-electron chi connectivity index (χ3n) is 3.13. The van der Waals surface area contributed by atoms with Crippen LogP contribution in [0, 0.1) is 31.3 Å². The fourth-order valence-electron chi connectivity index (χ4n) is 1.85. The number of rotatable bonds is 2. The first-order valence-corrected chi connectivity index (χ1v) is 6.62. The van der Waals surface area contributed by atoms with Crippen LogP contribution in [0.25, 0.3) is 0 Å². The van der Waals surface area contributed by atoms with Gasteiger partial charge in [0.25, 0.3) is 0 Å². The number of hydrogen-bond donors (Lipinski definition) is 2. The van der Waals surface area contributed by atoms with Gasteiger partial charge in [-0.2, -0.15) is 0 Å². The first kappa shape index (κ1) is 16.5. The van der Waals surface area contributed by atoms with E-state index in [1.807, 2.05) is 18.3 Å². The van der Waals surface area contributed by atoms with Gasteiger partial charge >= 0.3 is 11.8 Å². The molecule has 0 aliphatic carbocycles. The van der Waals surface area contributed by atoms with Crippen LogP contribution in [0.1, 0.15) is 11.1 Å². The van der Waals surface area contributed by atoms with Crippen molar-refractivity contribution in [1.29, 1.82) is 0 Å². The molecule has 0 unspecified atom stereocenters. The van der Waals surface area contributed by atoms with Gasteiger partial charge in [0.05, 0.1) is 5.69 Å². The number of hydrogen-bond acceptors (Lipinski definition) is 2. The van der Waals surface area contributed by atoms with Crippen molar-refractivity contribution in [1.82, 2.24) is 0 Å². The molecule has 7 heteroatoms. The standard InChI is InChI=1S/C16H13F3N2O2/c1-8-3-4-9(2)12(7-8)21-16(23)15(22)20-11-6-5-10(17)13(18)14(11)19/h3-7H,1-2H3,(H,20,22)(H,21,23). The molecule has 23 heavy (non-hydrogen) atoms. The smallest absolute Gasteiger partial charge is 0.314 e. The summed E-state index contributed by atoms with van der Waals surface area (Å²) in [7, 11) is 0. The number of halogens is 3. The lowest BCUT2D eigenvalue weighted by Gasteiger charge is -2.10. The topological polar surface area (TPSA) is 58.2 Å². The van der Waals surface area contributed by atoms with E-state index in [0.29, 0.717) is 11.8 Å². The third kappa shape index (κ3) is 3.68. The van der Waals surface area contributed by atoms with E-state index in [9.17, 15) is 22.8 Å². The fourth-order valence-corrected chi connectivity index (χ4v) is 1.85. The van der Waals surface area contributed by atoms with E-state index < -0.39 is 35.0 Å². The number of aryl methyl sites for hydroxylation is 2. The van der Waals surface area contributed by atoms with Crippen LogP contribution < -0.4 is 10.6 Å². The lowest BCUT2D eigenvalue weighted by atomic mass is 10.1. The molecule has 0 aliphatic rings. The fraction of sp³-hybridized carbons (Fsp3) is 0.125. The predicted molar refractivity (Wildman–Crippen MR) is 79.5 cm³/mol. The molecular weight excluding hydrogens is 309 g/mol. The van der Waals surface area contributed by atoms with Crippen molar-refractivity contribution >= 4 is 23.2 Å². The minimum absolute atomic E-state index is 0.427. The van der Waals surface area contributed by atoms with Crippen molar-refractivity contribution < 1.29 is 22.8 Å². The van der Waals surface area contributed by atoms with Crippen molar-refractivity contribution in [3.8, 4) is 0 Å². The van der Waals surface area contributed by atoms with Gasteiger partial charge in [-0.3, -0.25) is 9.59 Å². The SMILES string of the molecule is Cc1ccc(C)c(NC(=O)C(=O)Nc2ccc(F)c(F)c2F)c1. The Bertz CT molecular complexity index is 791. The van der Waals surface area contributed by atoms with Crippen molar-refractivity contribution in [3.05, 3.63) is 58.9 Å². The number of benzene rings is 2. The number of anilines is 2. The van der Waals surface area contributed by atoms with Crippen LogP contribution in [0.15, 0.2) is 30.3 Å². The van der Waals surface area contributed by atoms with Crippen LogP contribution in [0.4, 0.5) is 24.5 Å². The van der Waals surface area contributed by atoms with Gasteiger partial charge in [0, 0.05) is 5.69 Å². The van der Waals surface area contributed by atoms with Gasteiger partial charge in [-0.05, 0) is 43.2 Å².